The van der Waals surface area contributed by atoms with Crippen molar-refractivity contribution < 1.29 is 9.53 Å². The Bertz CT molecular complexity index is 184. The molecule has 0 saturated carbocycles. The number of hydrogen-bond acceptors (Lipinski definition) is 2. The van der Waals surface area contributed by atoms with Gasteiger partial charge in [0.25, 0.3) is 0 Å². The number of rotatable bonds is 3. The van der Waals surface area contributed by atoms with Gasteiger partial charge < -0.3 is 4.74 Å². The van der Waals surface area contributed by atoms with Crippen molar-refractivity contribution in [3.8, 4) is 0 Å². The maximum Gasteiger partial charge on any atom is 0.315 e. The van der Waals surface area contributed by atoms with Crippen LogP contribution in [0.15, 0.2) is 0 Å². The molecule has 3 heteroatoms. The summed E-state index contributed by atoms with van der Waals surface area (Å²) in [5, 5.41) is -0.299. The van der Waals surface area contributed by atoms with Crippen LogP contribution in [0.3, 0.4) is 0 Å². The van der Waals surface area contributed by atoms with Crippen molar-refractivity contribution in [1.82, 2.24) is 0 Å². The molecule has 2 nitrogen and oxygen atoms in total. The van der Waals surface area contributed by atoms with Gasteiger partial charge in [-0.15, -0.1) is 8.58 Å². The van der Waals surface area contributed by atoms with Crippen molar-refractivity contribution in [3.63, 3.8) is 0 Å². The molecule has 0 saturated heterocycles. The van der Waals surface area contributed by atoms with E-state index in [0.717, 1.165) is 6.42 Å². The number of hydrogen-bond donors (Lipinski definition) is 0. The highest BCUT2D eigenvalue weighted by molar-refractivity contribution is 7.40. The Labute approximate surface area is 83.2 Å². The van der Waals surface area contributed by atoms with Crippen molar-refractivity contribution in [2.75, 3.05) is 13.8 Å². The van der Waals surface area contributed by atoms with Gasteiger partial charge in [-0.25, -0.2) is 0 Å². The second kappa shape index (κ2) is 4.41. The van der Waals surface area contributed by atoms with Gasteiger partial charge in [0.1, 0.15) is 0 Å². The number of esters is 1. The van der Waals surface area contributed by atoms with Gasteiger partial charge in [-0.1, -0.05) is 20.8 Å². The highest BCUT2D eigenvalue weighted by atomic mass is 31.1. The normalized spacial score (nSPS) is 17.4. The fourth-order valence-electron chi connectivity index (χ4n) is 1.55. The lowest BCUT2D eigenvalue weighted by molar-refractivity contribution is -0.144. The minimum absolute atomic E-state index is 0.0803. The molecule has 0 heterocycles. The van der Waals surface area contributed by atoms with E-state index in [1.165, 1.54) is 7.11 Å². The van der Waals surface area contributed by atoms with E-state index < -0.39 is 0 Å². The first-order chi connectivity index (χ1) is 5.75. The smallest absolute Gasteiger partial charge is 0.315 e. The molecular weight excluding hydrogens is 183 g/mol. The lowest BCUT2D eigenvalue weighted by Gasteiger charge is -2.32. The van der Waals surface area contributed by atoms with Gasteiger partial charge in [-0.3, -0.25) is 4.79 Å². The molecule has 0 aliphatic rings. The third-order valence-electron chi connectivity index (χ3n) is 2.07. The standard InChI is InChI=1S/C10H21O2P/c1-9(2,3)7-10(4,13-6)8(11)12-5/h13H,7H2,1-6H3. The van der Waals surface area contributed by atoms with E-state index >= 15 is 0 Å². The molecule has 0 aliphatic carbocycles. The van der Waals surface area contributed by atoms with Crippen LogP contribution in [0.5, 0.6) is 0 Å². The Balaban J connectivity index is 4.55. The van der Waals surface area contributed by atoms with Gasteiger partial charge in [-0.05, 0) is 25.4 Å². The molecule has 2 atom stereocenters. The molecule has 0 bridgehead atoms. The molecule has 78 valence electrons. The molecule has 0 rings (SSSR count). The molecule has 2 unspecified atom stereocenters. The van der Waals surface area contributed by atoms with E-state index in [2.05, 4.69) is 27.4 Å². The number of carbonyl (C=O) groups is 1. The molecule has 0 fully saturated rings. The fraction of sp³-hybridized carbons (Fsp3) is 0.900. The highest BCUT2D eigenvalue weighted by Gasteiger charge is 2.36. The van der Waals surface area contributed by atoms with E-state index in [9.17, 15) is 4.79 Å². The van der Waals surface area contributed by atoms with Gasteiger partial charge >= 0.3 is 5.97 Å². The Kier molecular flexibility index (Phi) is 4.38. The lowest BCUT2D eigenvalue weighted by Crippen LogP contribution is -2.35. The van der Waals surface area contributed by atoms with Crippen molar-refractivity contribution in [1.29, 1.82) is 0 Å². The lowest BCUT2D eigenvalue weighted by atomic mass is 9.85. The Hall–Kier alpha value is -0.100. The minimum atomic E-state index is -0.299. The maximum atomic E-state index is 11.5. The second-order valence-electron chi connectivity index (χ2n) is 4.81. The van der Waals surface area contributed by atoms with E-state index in [0.29, 0.717) is 8.58 Å². The first-order valence-corrected chi connectivity index (χ1v) is 6.02. The monoisotopic (exact) mass is 204 g/mol. The van der Waals surface area contributed by atoms with E-state index in [4.69, 9.17) is 4.74 Å². The summed E-state index contributed by atoms with van der Waals surface area (Å²) in [6.07, 6.45) is 0.877. The first kappa shape index (κ1) is 12.9. The molecule has 13 heavy (non-hydrogen) atoms. The van der Waals surface area contributed by atoms with Gasteiger partial charge in [0.05, 0.1) is 12.3 Å². The summed E-state index contributed by atoms with van der Waals surface area (Å²) in [5.41, 5.74) is 0.173. The van der Waals surface area contributed by atoms with Crippen LogP contribution in [0.25, 0.3) is 0 Å². The predicted octanol–water partition coefficient (Wildman–Crippen LogP) is 2.66. The Morgan fingerprint density at radius 2 is 1.77 bits per heavy atom. The zero-order valence-corrected chi connectivity index (χ0v) is 10.5. The van der Waals surface area contributed by atoms with Crippen LogP contribution >= 0.6 is 8.58 Å². The zero-order valence-electron chi connectivity index (χ0n) is 9.52. The van der Waals surface area contributed by atoms with Crippen molar-refractivity contribution >= 4 is 14.6 Å². The van der Waals surface area contributed by atoms with E-state index in [-0.39, 0.29) is 16.5 Å². The highest BCUT2D eigenvalue weighted by Crippen LogP contribution is 2.40. The van der Waals surface area contributed by atoms with Gasteiger partial charge in [0.15, 0.2) is 0 Å². The third kappa shape index (κ3) is 4.08. The summed E-state index contributed by atoms with van der Waals surface area (Å²) in [6, 6.07) is 0. The summed E-state index contributed by atoms with van der Waals surface area (Å²) in [4.78, 5) is 11.5. The van der Waals surface area contributed by atoms with Crippen LogP contribution < -0.4 is 0 Å². The molecule has 0 aromatic rings. The van der Waals surface area contributed by atoms with E-state index in [1.54, 1.807) is 0 Å². The molecule has 0 amide bonds. The SMILES string of the molecule is COC(=O)C(C)(CC(C)(C)C)PC. The molecule has 0 aliphatic heterocycles. The topological polar surface area (TPSA) is 26.3 Å². The summed E-state index contributed by atoms with van der Waals surface area (Å²) in [7, 11) is 2.05. The second-order valence-corrected chi connectivity index (χ2v) is 6.41. The van der Waals surface area contributed by atoms with Crippen LogP contribution in [0.1, 0.15) is 34.1 Å². The number of methoxy groups -OCH3 is 1. The zero-order chi connectivity index (χ0) is 10.7. The summed E-state index contributed by atoms with van der Waals surface area (Å²) in [5.74, 6) is -0.0803. The minimum Gasteiger partial charge on any atom is -0.468 e. The van der Waals surface area contributed by atoms with Gasteiger partial charge in [-0.2, -0.15) is 0 Å². The molecule has 0 aromatic heterocycles. The largest absolute Gasteiger partial charge is 0.468 e. The fourth-order valence-corrected chi connectivity index (χ4v) is 2.56. The Morgan fingerprint density at radius 3 is 2.00 bits per heavy atom. The van der Waals surface area contributed by atoms with Crippen molar-refractivity contribution in [3.05, 3.63) is 0 Å². The van der Waals surface area contributed by atoms with Crippen LogP contribution in [0, 0.1) is 5.41 Å². The average molecular weight is 204 g/mol. The average Bonchev–Trinajstić information content (AvgIpc) is 1.99. The molecule has 0 aromatic carbocycles. The molecule has 0 radical (unpaired) electrons. The van der Waals surface area contributed by atoms with Gasteiger partial charge in [0.2, 0.25) is 0 Å². The van der Waals surface area contributed by atoms with Crippen LogP contribution in [0.4, 0.5) is 0 Å². The molecular formula is C10H21O2P. The first-order valence-electron chi connectivity index (χ1n) is 4.52. The quantitative estimate of drug-likeness (QED) is 0.522. The van der Waals surface area contributed by atoms with Crippen LogP contribution in [-0.4, -0.2) is 24.9 Å². The van der Waals surface area contributed by atoms with Crippen LogP contribution in [0.2, 0.25) is 0 Å². The van der Waals surface area contributed by atoms with Crippen molar-refractivity contribution in [2.45, 2.75) is 39.3 Å². The number of ether oxygens (including phenoxy) is 1. The van der Waals surface area contributed by atoms with Crippen LogP contribution in [-0.2, 0) is 9.53 Å². The summed E-state index contributed by atoms with van der Waals surface area (Å²) < 4.78 is 4.82. The Morgan fingerprint density at radius 1 is 1.31 bits per heavy atom. The van der Waals surface area contributed by atoms with Crippen molar-refractivity contribution in [2.24, 2.45) is 5.41 Å². The predicted molar refractivity (Wildman–Crippen MR) is 58.7 cm³/mol. The number of carbonyl (C=O) groups excluding carboxylic acids is 1. The molecule has 0 spiro atoms. The summed E-state index contributed by atoms with van der Waals surface area (Å²) in [6.45, 7) is 10.5. The summed E-state index contributed by atoms with van der Waals surface area (Å²) >= 11 is 0. The third-order valence-corrected chi connectivity index (χ3v) is 3.56. The van der Waals surface area contributed by atoms with Gasteiger partial charge in [0, 0.05) is 0 Å². The maximum absolute atomic E-state index is 11.5. The van der Waals surface area contributed by atoms with E-state index in [1.807, 2.05) is 6.92 Å². The molecule has 0 N–H and O–H groups in total.